The molecule has 474 valence electrons. The summed E-state index contributed by atoms with van der Waals surface area (Å²) in [7, 11) is 2.72. The van der Waals surface area contributed by atoms with E-state index in [2.05, 4.69) is 16.0 Å². The van der Waals surface area contributed by atoms with Crippen molar-refractivity contribution in [3.8, 4) is 0 Å². The topological polar surface area (TPSA) is 365 Å². The molecule has 36 heteroatoms. The highest BCUT2D eigenvalue weighted by molar-refractivity contribution is 14.1. The first-order valence-corrected chi connectivity index (χ1v) is 31.5. The lowest BCUT2D eigenvalue weighted by atomic mass is 10.1. The summed E-state index contributed by atoms with van der Waals surface area (Å²) < 4.78 is 25.4. The summed E-state index contributed by atoms with van der Waals surface area (Å²) in [5, 5.41) is 10.1. The number of nitrogens with one attached hydrogen (secondary N) is 3. The molecule has 0 heterocycles. The van der Waals surface area contributed by atoms with Crippen molar-refractivity contribution in [2.75, 3.05) is 90.4 Å². The van der Waals surface area contributed by atoms with Crippen molar-refractivity contribution in [3.05, 3.63) is 43.7 Å². The zero-order valence-corrected chi connectivity index (χ0v) is 60.7. The van der Waals surface area contributed by atoms with Gasteiger partial charge in [-0.1, -0.05) is 0 Å². The van der Waals surface area contributed by atoms with E-state index >= 15 is 0 Å². The number of urea groups is 2. The molecule has 0 radical (unpaired) electrons. The van der Waals surface area contributed by atoms with E-state index in [1.54, 1.807) is 136 Å². The van der Waals surface area contributed by atoms with Crippen LogP contribution in [0, 0.1) is 21.4 Å². The number of amides is 8. The predicted molar refractivity (Wildman–Crippen MR) is 349 cm³/mol. The molecule has 0 aliphatic rings. The number of rotatable bonds is 26. The smallest absolute Gasteiger partial charge is 0.329 e. The van der Waals surface area contributed by atoms with Crippen LogP contribution in [0.3, 0.4) is 0 Å². The van der Waals surface area contributed by atoms with Crippen molar-refractivity contribution in [2.24, 2.45) is 0 Å². The van der Waals surface area contributed by atoms with Gasteiger partial charge in [-0.2, -0.15) is 15.2 Å². The molecule has 86 heavy (non-hydrogen) atoms. The molecule has 30 nitrogen and oxygen atoms in total. The number of esters is 5. The number of hydroxylamine groups is 6. The van der Waals surface area contributed by atoms with E-state index in [1.807, 2.05) is 0 Å². The minimum atomic E-state index is -1.15. The normalized spacial score (nSPS) is 10.8. The zero-order valence-electron chi connectivity index (χ0n) is 47.8. The van der Waals surface area contributed by atoms with Gasteiger partial charge in [0.2, 0.25) is 0 Å². The molecule has 8 amide bonds. The van der Waals surface area contributed by atoms with Crippen LogP contribution in [0.25, 0.3) is 0 Å². The third-order valence-corrected chi connectivity index (χ3v) is 17.0. The van der Waals surface area contributed by atoms with Crippen molar-refractivity contribution in [3.63, 3.8) is 0 Å². The first-order chi connectivity index (χ1) is 40.1. The standard InChI is InChI=1S/C50H60I6N8O22/c1-24(65)79-19-11-14-62(84-29(6)70)46(74)34-37(51)33(45(73)57-22-32(83-28(5)69)23-82-27(4)68)39(53)43(40(34)54)58-49(77)60(9)17-18-61(10)50(78)59-44-41(55)35(47(75)63(85-30(7)71)15-12-20-80-25(2)66)38(52)36(42(44)56)48(76)64(86-31(8)72)16-13-21-81-26(3)67/h32H,11-23H2,1-10H3,(H,57,73)(H,58,77)(H,59,78). The van der Waals surface area contributed by atoms with Crippen LogP contribution >= 0.6 is 136 Å². The van der Waals surface area contributed by atoms with Crippen molar-refractivity contribution >= 4 is 230 Å². The maximum Gasteiger partial charge on any atom is 0.329 e. The molecule has 0 saturated carbocycles. The maximum atomic E-state index is 14.5. The number of ether oxygens (including phenoxy) is 5. The Kier molecular flexibility index (Phi) is 33.8. The fraction of sp³-hybridized carbons (Fsp3) is 0.480. The van der Waals surface area contributed by atoms with Gasteiger partial charge < -0.3 is 63.9 Å². The fourth-order valence-corrected chi connectivity index (χ4v) is 15.5. The molecule has 0 bridgehead atoms. The number of likely N-dealkylation sites (N-methyl/N-ethyl adjacent to an activating group) is 2. The summed E-state index contributed by atoms with van der Waals surface area (Å²) >= 11 is 10.5. The van der Waals surface area contributed by atoms with Gasteiger partial charge in [-0.05, 0) is 136 Å². The Bertz CT molecular complexity index is 2890. The van der Waals surface area contributed by atoms with Gasteiger partial charge >= 0.3 is 59.8 Å². The fourth-order valence-electron chi connectivity index (χ4n) is 6.77. The summed E-state index contributed by atoms with van der Waals surface area (Å²) in [6.45, 7) is 6.23. The highest BCUT2D eigenvalue weighted by Crippen LogP contribution is 2.39. The lowest BCUT2D eigenvalue weighted by Gasteiger charge is -2.27. The van der Waals surface area contributed by atoms with Crippen LogP contribution in [-0.4, -0.2) is 194 Å². The Labute approximate surface area is 574 Å². The van der Waals surface area contributed by atoms with Gasteiger partial charge in [0, 0.05) is 109 Å². The third-order valence-electron chi connectivity index (χ3n) is 10.6. The summed E-state index contributed by atoms with van der Waals surface area (Å²) in [6, 6.07) is -1.68. The van der Waals surface area contributed by atoms with Gasteiger partial charge in [0.05, 0.1) is 93.9 Å². The van der Waals surface area contributed by atoms with Gasteiger partial charge in [-0.3, -0.25) is 57.5 Å². The Hall–Kier alpha value is -5.00. The first kappa shape index (κ1) is 77.1. The molecule has 1 atom stereocenters. The molecule has 0 aromatic heterocycles. The van der Waals surface area contributed by atoms with E-state index in [1.165, 1.54) is 34.9 Å². The molecule has 0 aliphatic heterocycles. The van der Waals surface area contributed by atoms with Crippen LogP contribution in [0.15, 0.2) is 0 Å². The van der Waals surface area contributed by atoms with Gasteiger partial charge in [0.1, 0.15) is 6.61 Å². The summed E-state index contributed by atoms with van der Waals surface area (Å²) in [5.41, 5.74) is -1.09. The number of anilines is 2. The number of hydrogen-bond donors (Lipinski definition) is 3. The van der Waals surface area contributed by atoms with Crippen molar-refractivity contribution < 1.29 is 105 Å². The molecule has 2 rings (SSSR count). The van der Waals surface area contributed by atoms with E-state index in [9.17, 15) is 67.1 Å². The second-order valence-electron chi connectivity index (χ2n) is 17.6. The average molecular weight is 1890 g/mol. The number of halogens is 6. The highest BCUT2D eigenvalue weighted by Gasteiger charge is 2.36. The molecular weight excluding hydrogens is 1830 g/mol. The third kappa shape index (κ3) is 24.9. The molecule has 3 N–H and O–H groups in total. The highest BCUT2D eigenvalue weighted by atomic mass is 127. The predicted octanol–water partition coefficient (Wildman–Crippen LogP) is 5.79. The number of carbonyl (C=O) groups excluding carboxylic acids is 14. The van der Waals surface area contributed by atoms with E-state index in [0.29, 0.717) is 15.2 Å². The number of benzene rings is 2. The molecular formula is C50H60I6N8O22. The summed E-state index contributed by atoms with van der Waals surface area (Å²) in [5.74, 6) is -9.74. The number of hydrogen-bond acceptors (Lipinski definition) is 22. The van der Waals surface area contributed by atoms with E-state index in [-0.39, 0.29) is 127 Å². The molecule has 2 aromatic rings. The molecule has 0 saturated heterocycles. The Morgan fingerprint density at radius 2 is 0.698 bits per heavy atom. The van der Waals surface area contributed by atoms with Crippen LogP contribution in [0.1, 0.15) is 116 Å². The van der Waals surface area contributed by atoms with Crippen molar-refractivity contribution in [1.29, 1.82) is 0 Å². The number of nitrogens with zero attached hydrogens (tertiary/aromatic N) is 5. The van der Waals surface area contributed by atoms with E-state index < -0.39 is 103 Å². The van der Waals surface area contributed by atoms with Crippen LogP contribution in [0.4, 0.5) is 21.0 Å². The lowest BCUT2D eigenvalue weighted by molar-refractivity contribution is -0.176. The Balaban J connectivity index is 2.72. The van der Waals surface area contributed by atoms with Gasteiger partial charge in [0.25, 0.3) is 23.6 Å². The van der Waals surface area contributed by atoms with Gasteiger partial charge in [-0.25, -0.2) is 9.59 Å². The maximum absolute atomic E-state index is 14.5. The molecule has 0 fully saturated rings. The minimum Gasteiger partial charge on any atom is -0.466 e. The largest absolute Gasteiger partial charge is 0.466 e. The average Bonchev–Trinajstić information content (AvgIpc) is 0.832. The molecule has 0 spiro atoms. The quantitative estimate of drug-likeness (QED) is 0.0330. The van der Waals surface area contributed by atoms with Crippen molar-refractivity contribution in [1.82, 2.24) is 30.3 Å². The zero-order chi connectivity index (χ0) is 65.4. The van der Waals surface area contributed by atoms with Gasteiger partial charge in [0.15, 0.2) is 6.10 Å². The van der Waals surface area contributed by atoms with Gasteiger partial charge in [-0.15, -0.1) is 0 Å². The molecule has 2 aromatic carbocycles. The van der Waals surface area contributed by atoms with Crippen LogP contribution < -0.4 is 16.0 Å². The second-order valence-corrected chi connectivity index (χ2v) is 24.1. The Morgan fingerprint density at radius 1 is 0.395 bits per heavy atom. The second kappa shape index (κ2) is 37.8. The van der Waals surface area contributed by atoms with Crippen LogP contribution in [0.2, 0.25) is 0 Å². The van der Waals surface area contributed by atoms with E-state index in [4.69, 9.17) is 38.2 Å². The SMILES string of the molecule is CC(=O)OCCCN(OC(C)=O)C(=O)c1c(I)c(NC(=O)N(C)CCN(C)C(=O)Nc2c(I)c(C(=O)N(CCCOC(C)=O)OC(C)=O)c(I)c(C(=O)N(CCCOC(C)=O)OC(C)=O)c2I)c(I)c(C(=O)NCC(COC(C)=O)OC(C)=O)c1I. The van der Waals surface area contributed by atoms with Crippen molar-refractivity contribution in [2.45, 2.75) is 80.8 Å². The van der Waals surface area contributed by atoms with E-state index in [0.717, 1.165) is 44.4 Å². The molecule has 0 aliphatic carbocycles. The van der Waals surface area contributed by atoms with Crippen LogP contribution in [-0.2, 0) is 76.6 Å². The molecule has 1 unspecified atom stereocenters. The lowest BCUT2D eigenvalue weighted by Crippen LogP contribution is -2.42. The first-order valence-electron chi connectivity index (χ1n) is 25.1. The summed E-state index contributed by atoms with van der Waals surface area (Å²) in [6.07, 6.45) is -1.16. The monoisotopic (exact) mass is 1890 g/mol. The minimum absolute atomic E-state index is 0.00412. The summed E-state index contributed by atoms with van der Waals surface area (Å²) in [4.78, 5) is 199. The Morgan fingerprint density at radius 3 is 0.988 bits per heavy atom. The number of carbonyl (C=O) groups is 14. The van der Waals surface area contributed by atoms with Crippen LogP contribution in [0.5, 0.6) is 0 Å².